The average molecular weight is 208 g/mol. The minimum absolute atomic E-state index is 0.224. The molecule has 0 unspecified atom stereocenters. The van der Waals surface area contributed by atoms with Gasteiger partial charge in [-0.15, -0.1) is 11.3 Å². The Labute approximate surface area is 84.2 Å². The van der Waals surface area contributed by atoms with E-state index >= 15 is 0 Å². The molecule has 6 heteroatoms. The Morgan fingerprint density at radius 3 is 3.07 bits per heavy atom. The molecule has 2 heterocycles. The van der Waals surface area contributed by atoms with E-state index in [0.29, 0.717) is 11.5 Å². The molecule has 0 fully saturated rings. The molecular formula is C8H8N4OS. The second kappa shape index (κ2) is 3.59. The highest BCUT2D eigenvalue weighted by Crippen LogP contribution is 2.09. The topological polar surface area (TPSA) is 70.7 Å². The molecular weight excluding hydrogens is 200 g/mol. The minimum atomic E-state index is -0.224. The first-order valence-electron chi connectivity index (χ1n) is 3.98. The van der Waals surface area contributed by atoms with Crippen LogP contribution in [0.5, 0.6) is 0 Å². The zero-order chi connectivity index (χ0) is 9.97. The van der Waals surface area contributed by atoms with Gasteiger partial charge in [-0.25, -0.2) is 4.98 Å². The molecule has 14 heavy (non-hydrogen) atoms. The number of thiazole rings is 1. The van der Waals surface area contributed by atoms with Crippen molar-refractivity contribution < 1.29 is 4.79 Å². The molecule has 0 aliphatic carbocycles. The van der Waals surface area contributed by atoms with Gasteiger partial charge in [0.2, 0.25) is 0 Å². The number of aromatic nitrogens is 3. The summed E-state index contributed by atoms with van der Waals surface area (Å²) in [6, 6.07) is 1.68. The highest BCUT2D eigenvalue weighted by atomic mass is 32.1. The molecule has 2 rings (SSSR count). The molecule has 5 nitrogen and oxygen atoms in total. The Balaban J connectivity index is 2.10. The van der Waals surface area contributed by atoms with E-state index in [1.807, 2.05) is 6.92 Å². The number of nitrogens with zero attached hydrogens (tertiary/aromatic N) is 2. The number of hydrogen-bond donors (Lipinski definition) is 2. The van der Waals surface area contributed by atoms with Gasteiger partial charge in [-0.3, -0.25) is 9.89 Å². The van der Waals surface area contributed by atoms with Crippen LogP contribution in [0.1, 0.15) is 15.5 Å². The van der Waals surface area contributed by atoms with Gasteiger partial charge >= 0.3 is 0 Å². The molecule has 0 saturated carbocycles. The van der Waals surface area contributed by atoms with Crippen molar-refractivity contribution in [2.24, 2.45) is 0 Å². The summed E-state index contributed by atoms with van der Waals surface area (Å²) < 4.78 is 0. The first-order chi connectivity index (χ1) is 6.75. The fraction of sp³-hybridized carbons (Fsp3) is 0.125. The van der Waals surface area contributed by atoms with E-state index in [1.165, 1.54) is 11.3 Å². The highest BCUT2D eigenvalue weighted by Gasteiger charge is 2.09. The molecule has 2 aromatic heterocycles. The fourth-order valence-electron chi connectivity index (χ4n) is 0.980. The average Bonchev–Trinajstić information content (AvgIpc) is 2.75. The van der Waals surface area contributed by atoms with Gasteiger partial charge in [0.15, 0.2) is 0 Å². The van der Waals surface area contributed by atoms with Gasteiger partial charge in [0.05, 0.1) is 11.2 Å². The monoisotopic (exact) mass is 208 g/mol. The Kier molecular flexibility index (Phi) is 2.28. The molecule has 0 bridgehead atoms. The number of aromatic amines is 1. The lowest BCUT2D eigenvalue weighted by Crippen LogP contribution is -2.12. The van der Waals surface area contributed by atoms with Gasteiger partial charge in [-0.2, -0.15) is 5.10 Å². The lowest BCUT2D eigenvalue weighted by Gasteiger charge is -1.97. The second-order valence-corrected chi connectivity index (χ2v) is 3.74. The van der Waals surface area contributed by atoms with Crippen molar-refractivity contribution in [3.05, 3.63) is 28.3 Å². The fourth-order valence-corrected chi connectivity index (χ4v) is 1.57. The van der Waals surface area contributed by atoms with Crippen LogP contribution in [0.25, 0.3) is 0 Å². The lowest BCUT2D eigenvalue weighted by molar-refractivity contribution is 0.102. The number of hydrogen-bond acceptors (Lipinski definition) is 4. The highest BCUT2D eigenvalue weighted by molar-refractivity contribution is 7.09. The lowest BCUT2D eigenvalue weighted by atomic mass is 10.4. The first kappa shape index (κ1) is 8.89. The van der Waals surface area contributed by atoms with Crippen LogP contribution in [0.3, 0.4) is 0 Å². The Morgan fingerprint density at radius 2 is 2.50 bits per heavy atom. The molecule has 0 spiro atoms. The maximum absolute atomic E-state index is 11.5. The van der Waals surface area contributed by atoms with Gasteiger partial charge in [0.1, 0.15) is 11.5 Å². The normalized spacial score (nSPS) is 10.1. The number of rotatable bonds is 2. The van der Waals surface area contributed by atoms with Gasteiger partial charge in [0, 0.05) is 11.4 Å². The predicted molar refractivity (Wildman–Crippen MR) is 53.4 cm³/mol. The van der Waals surface area contributed by atoms with E-state index in [0.717, 1.165) is 5.01 Å². The van der Waals surface area contributed by atoms with Crippen LogP contribution in [-0.4, -0.2) is 21.1 Å². The van der Waals surface area contributed by atoms with Crippen molar-refractivity contribution in [3.8, 4) is 0 Å². The van der Waals surface area contributed by atoms with Crippen LogP contribution in [0, 0.1) is 6.92 Å². The van der Waals surface area contributed by atoms with Crippen molar-refractivity contribution >= 4 is 23.1 Å². The minimum Gasteiger partial charge on any atom is -0.306 e. The van der Waals surface area contributed by atoms with E-state index in [2.05, 4.69) is 20.5 Å². The number of nitrogens with one attached hydrogen (secondary N) is 2. The largest absolute Gasteiger partial charge is 0.306 e. The zero-order valence-electron chi connectivity index (χ0n) is 7.44. The van der Waals surface area contributed by atoms with Crippen LogP contribution >= 0.6 is 11.3 Å². The molecule has 0 aliphatic rings. The molecule has 0 aliphatic heterocycles. The van der Waals surface area contributed by atoms with Crippen molar-refractivity contribution in [1.82, 2.24) is 15.2 Å². The maximum atomic E-state index is 11.5. The van der Waals surface area contributed by atoms with Crippen LogP contribution in [-0.2, 0) is 0 Å². The quantitative estimate of drug-likeness (QED) is 0.784. The molecule has 72 valence electrons. The van der Waals surface area contributed by atoms with E-state index in [1.54, 1.807) is 17.6 Å². The number of aryl methyl sites for hydroxylation is 1. The third-order valence-electron chi connectivity index (χ3n) is 1.60. The summed E-state index contributed by atoms with van der Waals surface area (Å²) >= 11 is 1.45. The van der Waals surface area contributed by atoms with Crippen molar-refractivity contribution in [1.29, 1.82) is 0 Å². The molecule has 0 atom stereocenters. The van der Waals surface area contributed by atoms with E-state index in [-0.39, 0.29) is 5.91 Å². The Hall–Kier alpha value is -1.69. The second-order valence-electron chi connectivity index (χ2n) is 2.68. The number of H-pyrrole nitrogens is 1. The van der Waals surface area contributed by atoms with Crippen LogP contribution in [0.4, 0.5) is 5.82 Å². The standard InChI is InChI=1S/C8H8N4OS/c1-5-10-6(4-14-5)8(13)11-7-2-3-9-12-7/h2-4H,1H3,(H2,9,11,12,13). The predicted octanol–water partition coefficient (Wildman–Crippen LogP) is 1.43. The Morgan fingerprint density at radius 1 is 1.64 bits per heavy atom. The summed E-state index contributed by atoms with van der Waals surface area (Å²) in [4.78, 5) is 15.6. The molecule has 0 aromatic carbocycles. The molecule has 1 amide bonds. The molecule has 2 aromatic rings. The maximum Gasteiger partial charge on any atom is 0.276 e. The van der Waals surface area contributed by atoms with Crippen molar-refractivity contribution in [2.45, 2.75) is 6.92 Å². The molecule has 0 radical (unpaired) electrons. The van der Waals surface area contributed by atoms with E-state index in [9.17, 15) is 4.79 Å². The van der Waals surface area contributed by atoms with Gasteiger partial charge in [0.25, 0.3) is 5.91 Å². The number of amides is 1. The summed E-state index contributed by atoms with van der Waals surface area (Å²) in [6.45, 7) is 1.86. The molecule has 2 N–H and O–H groups in total. The van der Waals surface area contributed by atoms with Crippen molar-refractivity contribution in [3.63, 3.8) is 0 Å². The van der Waals surface area contributed by atoms with Crippen molar-refractivity contribution in [2.75, 3.05) is 5.32 Å². The van der Waals surface area contributed by atoms with Crippen LogP contribution in [0.15, 0.2) is 17.6 Å². The third-order valence-corrected chi connectivity index (χ3v) is 2.37. The summed E-state index contributed by atoms with van der Waals surface area (Å²) in [5, 5.41) is 11.6. The van der Waals surface area contributed by atoms with Crippen LogP contribution < -0.4 is 5.32 Å². The summed E-state index contributed by atoms with van der Waals surface area (Å²) in [6.07, 6.45) is 1.57. The van der Waals surface area contributed by atoms with Gasteiger partial charge in [-0.05, 0) is 6.92 Å². The first-order valence-corrected chi connectivity index (χ1v) is 4.86. The van der Waals surface area contributed by atoms with Crippen LogP contribution in [0.2, 0.25) is 0 Å². The summed E-state index contributed by atoms with van der Waals surface area (Å²) in [5.74, 6) is 0.347. The van der Waals surface area contributed by atoms with Gasteiger partial charge in [-0.1, -0.05) is 0 Å². The number of carbonyl (C=O) groups excluding carboxylic acids is 1. The smallest absolute Gasteiger partial charge is 0.276 e. The van der Waals surface area contributed by atoms with Gasteiger partial charge < -0.3 is 5.32 Å². The summed E-state index contributed by atoms with van der Waals surface area (Å²) in [5.41, 5.74) is 0.432. The Bertz CT molecular complexity index is 434. The summed E-state index contributed by atoms with van der Waals surface area (Å²) in [7, 11) is 0. The SMILES string of the molecule is Cc1nc(C(=O)Nc2ccn[nH]2)cs1. The number of carbonyl (C=O) groups is 1. The number of anilines is 1. The zero-order valence-corrected chi connectivity index (χ0v) is 8.26. The third kappa shape index (κ3) is 1.80. The van der Waals surface area contributed by atoms with E-state index in [4.69, 9.17) is 0 Å². The molecule has 0 saturated heterocycles. The van der Waals surface area contributed by atoms with E-state index < -0.39 is 0 Å².